The Hall–Kier alpha value is -1.98. The fourth-order valence-electron chi connectivity index (χ4n) is 9.39. The largest absolute Gasteiger partial charge is 1.00 e. The summed E-state index contributed by atoms with van der Waals surface area (Å²) in [5.41, 5.74) is 0.466. The number of carboxylic acid groups (broad SMARTS) is 1. The van der Waals surface area contributed by atoms with Crippen molar-refractivity contribution >= 4 is 23.5 Å². The summed E-state index contributed by atoms with van der Waals surface area (Å²) in [5, 5.41) is 22.1. The summed E-state index contributed by atoms with van der Waals surface area (Å²) in [7, 11) is 0. The predicted octanol–water partition coefficient (Wildman–Crippen LogP) is 1.28. The number of carboxylic acids is 1. The first-order valence-corrected chi connectivity index (χ1v) is 15.6. The summed E-state index contributed by atoms with van der Waals surface area (Å²) in [6.07, 6.45) is 7.57. The van der Waals surface area contributed by atoms with Gasteiger partial charge in [0.25, 0.3) is 0 Å². The van der Waals surface area contributed by atoms with Crippen molar-refractivity contribution in [2.75, 3.05) is 6.61 Å². The summed E-state index contributed by atoms with van der Waals surface area (Å²) in [6.45, 7) is 5.94. The van der Waals surface area contributed by atoms with E-state index in [1.165, 1.54) is 0 Å². The molecule has 8 heteroatoms. The molecule has 7 nitrogen and oxygen atoms in total. The molecule has 0 aromatic heterocycles. The molecule has 4 fully saturated rings. The van der Waals surface area contributed by atoms with Crippen molar-refractivity contribution in [3.63, 3.8) is 0 Å². The van der Waals surface area contributed by atoms with Crippen LogP contribution in [0.1, 0.15) is 107 Å². The average molecular weight is 599 g/mol. The van der Waals surface area contributed by atoms with Crippen LogP contribution < -0.4 is 34.7 Å². The molecule has 226 valence electrons. The molecule has 0 unspecified atom stereocenters. The quantitative estimate of drug-likeness (QED) is 0.217. The standard InChI is InChI=1S/C35H44O7.Na/c1-22(36)24-6-4-23(5-7-24)14-17-35(41)19-18-33(2)25(20-35)8-9-26-27-10-11-29(34(27,3)16-15-28(26)33)30(37)21-42-32(40)13-12-31(38)39;/h4-7,25-29,41H,8-13,15-16,18-21H2,1-3H3,(H,38,39);/q;+1/p-1/t25-,26+,27+,28+,29-,33+,34+,35-;/m1./s1. The molecule has 1 aromatic rings. The molecule has 0 heterocycles. The molecular formula is C35H43NaO7. The third-order valence-electron chi connectivity index (χ3n) is 11.8. The maximum Gasteiger partial charge on any atom is 1.00 e. The van der Waals surface area contributed by atoms with Crippen LogP contribution in [0, 0.1) is 52.3 Å². The number of carbonyl (C=O) groups is 4. The third-order valence-corrected chi connectivity index (χ3v) is 11.8. The predicted molar refractivity (Wildman–Crippen MR) is 154 cm³/mol. The van der Waals surface area contributed by atoms with Crippen LogP contribution in [-0.2, 0) is 19.1 Å². The molecule has 0 spiro atoms. The molecule has 5 rings (SSSR count). The van der Waals surface area contributed by atoms with Gasteiger partial charge in [0, 0.05) is 23.0 Å². The minimum absolute atomic E-state index is 0. The molecule has 0 bridgehead atoms. The first-order valence-electron chi connectivity index (χ1n) is 15.6. The van der Waals surface area contributed by atoms with Gasteiger partial charge in [0.15, 0.2) is 11.6 Å². The average Bonchev–Trinajstić information content (AvgIpc) is 3.32. The Morgan fingerprint density at radius 2 is 1.63 bits per heavy atom. The monoisotopic (exact) mass is 598 g/mol. The number of ketones is 2. The normalized spacial score (nSPS) is 36.0. The van der Waals surface area contributed by atoms with Crippen LogP contribution in [0.25, 0.3) is 0 Å². The van der Waals surface area contributed by atoms with E-state index in [1.54, 1.807) is 19.1 Å². The van der Waals surface area contributed by atoms with Gasteiger partial charge in [0.05, 0.1) is 6.42 Å². The molecule has 0 amide bonds. The number of hydrogen-bond donors (Lipinski definition) is 1. The number of aliphatic carboxylic acids is 1. The van der Waals surface area contributed by atoms with Crippen LogP contribution in [0.15, 0.2) is 24.3 Å². The molecule has 43 heavy (non-hydrogen) atoms. The fourth-order valence-corrected chi connectivity index (χ4v) is 9.39. The van der Waals surface area contributed by atoms with Gasteiger partial charge >= 0.3 is 35.5 Å². The van der Waals surface area contributed by atoms with E-state index in [2.05, 4.69) is 25.7 Å². The van der Waals surface area contributed by atoms with Gasteiger partial charge in [-0.25, -0.2) is 0 Å². The summed E-state index contributed by atoms with van der Waals surface area (Å²) >= 11 is 0. The molecule has 8 atom stereocenters. The summed E-state index contributed by atoms with van der Waals surface area (Å²) < 4.78 is 5.14. The zero-order chi connectivity index (χ0) is 30.3. The van der Waals surface area contributed by atoms with Gasteiger partial charge in [-0.05, 0) is 118 Å². The van der Waals surface area contributed by atoms with E-state index in [-0.39, 0.29) is 70.9 Å². The minimum atomic E-state index is -1.31. The Morgan fingerprint density at radius 1 is 0.930 bits per heavy atom. The third kappa shape index (κ3) is 6.83. The van der Waals surface area contributed by atoms with E-state index in [0.717, 1.165) is 50.5 Å². The van der Waals surface area contributed by atoms with E-state index in [9.17, 15) is 29.4 Å². The molecule has 1 N–H and O–H groups in total. The maximum absolute atomic E-state index is 13.2. The number of Topliss-reactive ketones (excluding diaryl/α,β-unsaturated/α-hetero) is 2. The summed E-state index contributed by atoms with van der Waals surface area (Å²) in [6, 6.07) is 7.23. The number of esters is 1. The van der Waals surface area contributed by atoms with Crippen LogP contribution in [0.5, 0.6) is 0 Å². The second-order valence-electron chi connectivity index (χ2n) is 13.9. The fraction of sp³-hybridized carbons (Fsp3) is 0.657. The SMILES string of the molecule is CC(=O)c1ccc(C#C[C@@]2(O)CC[C@@]3(C)[C@H](CC[C@@H]4[C@@H]3CC[C@]3(C)[C@@H](C(=O)COC(=O)CCC(=O)[O-])CC[C@@H]43)C2)cc1.[Na+]. The van der Waals surface area contributed by atoms with Gasteiger partial charge in [-0.1, -0.05) is 37.8 Å². The first-order chi connectivity index (χ1) is 19.8. The number of hydrogen-bond acceptors (Lipinski definition) is 7. The van der Waals surface area contributed by atoms with Gasteiger partial charge in [0.1, 0.15) is 12.2 Å². The van der Waals surface area contributed by atoms with Gasteiger partial charge < -0.3 is 19.7 Å². The van der Waals surface area contributed by atoms with E-state index >= 15 is 0 Å². The smallest absolute Gasteiger partial charge is 0.550 e. The molecule has 0 radical (unpaired) electrons. The zero-order valence-corrected chi connectivity index (χ0v) is 28.1. The van der Waals surface area contributed by atoms with Crippen molar-refractivity contribution in [2.45, 2.75) is 97.0 Å². The number of fused-ring (bicyclic) bond motifs is 5. The number of carbonyl (C=O) groups excluding carboxylic acids is 4. The Labute approximate surface area is 277 Å². The Bertz CT molecular complexity index is 1310. The molecular weight excluding hydrogens is 555 g/mol. The molecule has 1 aromatic carbocycles. The zero-order valence-electron chi connectivity index (χ0n) is 26.1. The van der Waals surface area contributed by atoms with Crippen molar-refractivity contribution < 1.29 is 63.7 Å². The molecule has 4 aliphatic carbocycles. The summed E-state index contributed by atoms with van der Waals surface area (Å²) in [5.74, 6) is 6.17. The Kier molecular flexibility index (Phi) is 10.4. The van der Waals surface area contributed by atoms with Gasteiger partial charge in [0.2, 0.25) is 0 Å². The number of rotatable bonds is 7. The molecule has 0 aliphatic heterocycles. The van der Waals surface area contributed by atoms with Crippen molar-refractivity contribution in [3.8, 4) is 11.8 Å². The molecule has 4 saturated carbocycles. The van der Waals surface area contributed by atoms with E-state index in [0.29, 0.717) is 42.1 Å². The van der Waals surface area contributed by atoms with Gasteiger partial charge in [-0.3, -0.25) is 14.4 Å². The van der Waals surface area contributed by atoms with Crippen molar-refractivity contribution in [1.82, 2.24) is 0 Å². The van der Waals surface area contributed by atoms with E-state index < -0.39 is 24.0 Å². The molecule has 0 saturated heterocycles. The van der Waals surface area contributed by atoms with Crippen LogP contribution in [-0.4, -0.2) is 40.8 Å². The number of aliphatic hydroxyl groups is 1. The Balaban J connectivity index is 0.00000423. The van der Waals surface area contributed by atoms with E-state index in [1.807, 2.05) is 12.1 Å². The van der Waals surface area contributed by atoms with Crippen molar-refractivity contribution in [3.05, 3.63) is 35.4 Å². The number of ether oxygens (including phenoxy) is 1. The maximum atomic E-state index is 13.2. The second kappa shape index (κ2) is 13.2. The second-order valence-corrected chi connectivity index (χ2v) is 13.9. The Morgan fingerprint density at radius 3 is 2.30 bits per heavy atom. The van der Waals surface area contributed by atoms with Crippen LogP contribution in [0.2, 0.25) is 0 Å². The van der Waals surface area contributed by atoms with Crippen molar-refractivity contribution in [2.24, 2.45) is 40.4 Å². The first kappa shape index (κ1) is 33.9. The van der Waals surface area contributed by atoms with E-state index in [4.69, 9.17) is 4.74 Å². The van der Waals surface area contributed by atoms with Crippen LogP contribution >= 0.6 is 0 Å². The van der Waals surface area contributed by atoms with Gasteiger partial charge in [-0.2, -0.15) is 0 Å². The minimum Gasteiger partial charge on any atom is -0.550 e. The number of benzene rings is 1. The molecule has 4 aliphatic rings. The van der Waals surface area contributed by atoms with Crippen molar-refractivity contribution in [1.29, 1.82) is 0 Å². The van der Waals surface area contributed by atoms with Crippen LogP contribution in [0.4, 0.5) is 0 Å². The summed E-state index contributed by atoms with van der Waals surface area (Å²) in [4.78, 5) is 47.3. The van der Waals surface area contributed by atoms with Gasteiger partial charge in [-0.15, -0.1) is 0 Å². The van der Waals surface area contributed by atoms with Crippen LogP contribution in [0.3, 0.4) is 0 Å². The topological polar surface area (TPSA) is 121 Å².